The van der Waals surface area contributed by atoms with Gasteiger partial charge in [-0.3, -0.25) is 9.36 Å². The molecule has 0 fully saturated rings. The SMILES string of the molecule is CCCCn1c(SCC(=O)N(C)[C@@H](C)c2nc3ccccc3s2)n[nH]c1=O. The van der Waals surface area contributed by atoms with E-state index in [0.29, 0.717) is 11.7 Å². The number of unbranched alkanes of at least 4 members (excludes halogenated alkanes) is 1. The average Bonchev–Trinajstić information content (AvgIpc) is 3.26. The minimum absolute atomic E-state index is 0.0238. The molecule has 1 amide bonds. The maximum atomic E-state index is 12.6. The Labute approximate surface area is 165 Å². The molecule has 1 aromatic carbocycles. The summed E-state index contributed by atoms with van der Waals surface area (Å²) in [5.41, 5.74) is 0.727. The maximum Gasteiger partial charge on any atom is 0.343 e. The number of hydrogen-bond acceptors (Lipinski definition) is 6. The van der Waals surface area contributed by atoms with E-state index in [1.54, 1.807) is 27.9 Å². The number of amides is 1. The monoisotopic (exact) mass is 405 g/mol. The van der Waals surface area contributed by atoms with Gasteiger partial charge in [-0.15, -0.1) is 16.4 Å². The lowest BCUT2D eigenvalue weighted by Gasteiger charge is -2.23. The fourth-order valence-corrected chi connectivity index (χ4v) is 4.56. The topological polar surface area (TPSA) is 83.9 Å². The van der Waals surface area contributed by atoms with Crippen LogP contribution in [0.1, 0.15) is 37.7 Å². The minimum Gasteiger partial charge on any atom is -0.336 e. The van der Waals surface area contributed by atoms with Gasteiger partial charge in [-0.05, 0) is 25.5 Å². The molecule has 0 aliphatic heterocycles. The van der Waals surface area contributed by atoms with E-state index in [9.17, 15) is 9.59 Å². The van der Waals surface area contributed by atoms with E-state index in [1.807, 2.05) is 31.2 Å². The van der Waals surface area contributed by atoms with Crippen LogP contribution in [0.3, 0.4) is 0 Å². The maximum absolute atomic E-state index is 12.6. The first-order chi connectivity index (χ1) is 13.0. The van der Waals surface area contributed by atoms with E-state index < -0.39 is 0 Å². The quantitative estimate of drug-likeness (QED) is 0.582. The number of nitrogens with zero attached hydrogens (tertiary/aromatic N) is 4. The van der Waals surface area contributed by atoms with Crippen LogP contribution in [0.2, 0.25) is 0 Å². The van der Waals surface area contributed by atoms with Crippen molar-refractivity contribution in [2.45, 2.75) is 44.4 Å². The first-order valence-electron chi connectivity index (χ1n) is 8.90. The van der Waals surface area contributed by atoms with Crippen LogP contribution < -0.4 is 5.69 Å². The zero-order chi connectivity index (χ0) is 19.4. The number of thioether (sulfide) groups is 1. The van der Waals surface area contributed by atoms with E-state index in [-0.39, 0.29) is 23.4 Å². The fraction of sp³-hybridized carbons (Fsp3) is 0.444. The molecule has 0 radical (unpaired) electrons. The molecule has 7 nitrogen and oxygen atoms in total. The summed E-state index contributed by atoms with van der Waals surface area (Å²) >= 11 is 2.89. The largest absolute Gasteiger partial charge is 0.343 e. The standard InChI is InChI=1S/C18H23N5O2S2/c1-4-5-10-23-17(25)20-21-18(23)26-11-15(24)22(3)12(2)16-19-13-8-6-7-9-14(13)27-16/h6-9,12H,4-5,10-11H2,1-3H3,(H,20,25)/t12-/m0/s1. The molecule has 144 valence electrons. The Balaban J connectivity index is 1.64. The van der Waals surface area contributed by atoms with E-state index in [1.165, 1.54) is 11.8 Å². The third-order valence-corrected chi connectivity index (χ3v) is 6.59. The van der Waals surface area contributed by atoms with Crippen LogP contribution in [0.25, 0.3) is 10.2 Å². The van der Waals surface area contributed by atoms with Crippen molar-refractivity contribution in [1.82, 2.24) is 24.6 Å². The normalized spacial score (nSPS) is 12.4. The first kappa shape index (κ1) is 19.6. The highest BCUT2D eigenvalue weighted by Crippen LogP contribution is 2.29. The van der Waals surface area contributed by atoms with Gasteiger partial charge in [-0.2, -0.15) is 0 Å². The number of carbonyl (C=O) groups is 1. The summed E-state index contributed by atoms with van der Waals surface area (Å²) in [7, 11) is 1.79. The molecule has 9 heteroatoms. The summed E-state index contributed by atoms with van der Waals surface area (Å²) in [6, 6.07) is 7.85. The fourth-order valence-electron chi connectivity index (χ4n) is 2.61. The van der Waals surface area contributed by atoms with Crippen LogP contribution in [0, 0.1) is 0 Å². The third kappa shape index (κ3) is 4.41. The molecule has 0 aliphatic rings. The number of H-pyrrole nitrogens is 1. The summed E-state index contributed by atoms with van der Waals surface area (Å²) < 4.78 is 2.71. The van der Waals surface area contributed by atoms with Crippen molar-refractivity contribution in [3.63, 3.8) is 0 Å². The van der Waals surface area contributed by atoms with Crippen molar-refractivity contribution in [3.8, 4) is 0 Å². The highest BCUT2D eigenvalue weighted by Gasteiger charge is 2.21. The molecule has 3 aromatic rings. The summed E-state index contributed by atoms with van der Waals surface area (Å²) in [4.78, 5) is 30.8. The smallest absolute Gasteiger partial charge is 0.336 e. The van der Waals surface area contributed by atoms with Gasteiger partial charge in [-0.25, -0.2) is 14.9 Å². The molecule has 3 rings (SSSR count). The number of aromatic amines is 1. The molecule has 27 heavy (non-hydrogen) atoms. The molecule has 0 saturated carbocycles. The Kier molecular flexibility index (Phi) is 6.33. The Morgan fingerprint density at radius 2 is 2.19 bits per heavy atom. The van der Waals surface area contributed by atoms with Gasteiger partial charge in [0.1, 0.15) is 5.01 Å². The summed E-state index contributed by atoms with van der Waals surface area (Å²) in [5.74, 6) is 0.201. The molecular weight excluding hydrogens is 382 g/mol. The van der Waals surface area contributed by atoms with Crippen molar-refractivity contribution < 1.29 is 4.79 Å². The number of hydrogen-bond donors (Lipinski definition) is 1. The van der Waals surface area contributed by atoms with E-state index in [0.717, 1.165) is 28.1 Å². The number of aromatic nitrogens is 4. The van der Waals surface area contributed by atoms with E-state index in [2.05, 4.69) is 22.1 Å². The Bertz CT molecular complexity index is 944. The summed E-state index contributed by atoms with van der Waals surface area (Å²) in [6.07, 6.45) is 1.89. The van der Waals surface area contributed by atoms with Crippen LogP contribution in [0.4, 0.5) is 0 Å². The second-order valence-electron chi connectivity index (χ2n) is 6.31. The summed E-state index contributed by atoms with van der Waals surface area (Å²) in [6.45, 7) is 4.66. The minimum atomic E-state index is -0.227. The predicted octanol–water partition coefficient (Wildman–Crippen LogP) is 3.29. The van der Waals surface area contributed by atoms with Crippen molar-refractivity contribution in [2.24, 2.45) is 0 Å². The van der Waals surface area contributed by atoms with Crippen molar-refractivity contribution in [3.05, 3.63) is 39.8 Å². The molecule has 1 atom stereocenters. The lowest BCUT2D eigenvalue weighted by Crippen LogP contribution is -2.31. The lowest BCUT2D eigenvalue weighted by molar-refractivity contribution is -0.128. The Morgan fingerprint density at radius 1 is 1.41 bits per heavy atom. The zero-order valence-electron chi connectivity index (χ0n) is 15.6. The zero-order valence-corrected chi connectivity index (χ0v) is 17.3. The number of benzene rings is 1. The highest BCUT2D eigenvalue weighted by atomic mass is 32.2. The van der Waals surface area contributed by atoms with Crippen LogP contribution in [-0.2, 0) is 11.3 Å². The van der Waals surface area contributed by atoms with E-state index in [4.69, 9.17) is 0 Å². The van der Waals surface area contributed by atoms with E-state index >= 15 is 0 Å². The van der Waals surface area contributed by atoms with Gasteiger partial charge in [0.25, 0.3) is 0 Å². The molecule has 2 heterocycles. The molecule has 0 saturated heterocycles. The molecule has 0 aliphatic carbocycles. The lowest BCUT2D eigenvalue weighted by atomic mass is 10.3. The van der Waals surface area contributed by atoms with Gasteiger partial charge >= 0.3 is 5.69 Å². The second-order valence-corrected chi connectivity index (χ2v) is 8.31. The number of carbonyl (C=O) groups excluding carboxylic acids is 1. The van der Waals surface area contributed by atoms with Crippen LogP contribution in [0.5, 0.6) is 0 Å². The van der Waals surface area contributed by atoms with Gasteiger partial charge in [0.2, 0.25) is 5.91 Å². The molecule has 0 bridgehead atoms. The number of para-hydroxylation sites is 1. The highest BCUT2D eigenvalue weighted by molar-refractivity contribution is 7.99. The molecular formula is C18H23N5O2S2. The van der Waals surface area contributed by atoms with Gasteiger partial charge in [0.05, 0.1) is 22.0 Å². The number of fused-ring (bicyclic) bond motifs is 1. The van der Waals surface area contributed by atoms with Crippen LogP contribution in [-0.4, -0.2) is 43.4 Å². The number of nitrogens with one attached hydrogen (secondary N) is 1. The van der Waals surface area contributed by atoms with Crippen molar-refractivity contribution in [1.29, 1.82) is 0 Å². The average molecular weight is 406 g/mol. The Hall–Kier alpha value is -2.13. The molecule has 1 N–H and O–H groups in total. The van der Waals surface area contributed by atoms with Crippen molar-refractivity contribution >= 4 is 39.2 Å². The Morgan fingerprint density at radius 3 is 2.93 bits per heavy atom. The number of thiazole rings is 1. The van der Waals surface area contributed by atoms with Crippen molar-refractivity contribution in [2.75, 3.05) is 12.8 Å². The van der Waals surface area contributed by atoms with Crippen LogP contribution in [0.15, 0.2) is 34.2 Å². The van der Waals surface area contributed by atoms with Gasteiger partial charge in [0.15, 0.2) is 5.16 Å². The predicted molar refractivity (Wildman–Crippen MR) is 109 cm³/mol. The summed E-state index contributed by atoms with van der Waals surface area (Å²) in [5, 5.41) is 7.98. The molecule has 2 aromatic heterocycles. The first-order valence-corrected chi connectivity index (χ1v) is 10.7. The molecule has 0 spiro atoms. The van der Waals surface area contributed by atoms with Gasteiger partial charge in [0, 0.05) is 13.6 Å². The third-order valence-electron chi connectivity index (χ3n) is 4.43. The second kappa shape index (κ2) is 8.71. The van der Waals surface area contributed by atoms with Gasteiger partial charge < -0.3 is 4.90 Å². The number of rotatable bonds is 8. The molecule has 0 unspecified atom stereocenters. The van der Waals surface area contributed by atoms with Crippen LogP contribution >= 0.6 is 23.1 Å². The van der Waals surface area contributed by atoms with Gasteiger partial charge in [-0.1, -0.05) is 37.2 Å².